The number of nitrogens with one attached hydrogen (secondary N) is 1. The molecule has 2 amide bonds. The monoisotopic (exact) mass is 264 g/mol. The summed E-state index contributed by atoms with van der Waals surface area (Å²) in [6, 6.07) is 4.09. The molecule has 0 unspecified atom stereocenters. The average molecular weight is 264 g/mol. The Balaban J connectivity index is 2.12. The van der Waals surface area contributed by atoms with Crippen molar-refractivity contribution < 1.29 is 14.0 Å². The van der Waals surface area contributed by atoms with E-state index in [0.717, 1.165) is 12.0 Å². The summed E-state index contributed by atoms with van der Waals surface area (Å²) in [5.41, 5.74) is 6.11. The summed E-state index contributed by atoms with van der Waals surface area (Å²) in [6.45, 7) is 1.79. The molecule has 1 aliphatic carbocycles. The highest BCUT2D eigenvalue weighted by Crippen LogP contribution is 2.25. The van der Waals surface area contributed by atoms with Crippen molar-refractivity contribution >= 4 is 11.8 Å². The van der Waals surface area contributed by atoms with Crippen LogP contribution in [0.15, 0.2) is 18.2 Å². The molecule has 0 radical (unpaired) electrons. The Labute approximate surface area is 111 Å². The zero-order valence-electron chi connectivity index (χ0n) is 10.8. The number of carbonyl (C=O) groups excluding carboxylic acids is 2. The van der Waals surface area contributed by atoms with E-state index in [1.807, 2.05) is 0 Å². The Morgan fingerprint density at radius 1 is 1.37 bits per heavy atom. The van der Waals surface area contributed by atoms with Crippen molar-refractivity contribution in [2.24, 2.45) is 11.7 Å². The maximum Gasteiger partial charge on any atom is 0.254 e. The lowest BCUT2D eigenvalue weighted by Crippen LogP contribution is -2.42. The molecule has 0 bridgehead atoms. The molecule has 102 valence electrons. The number of benzene rings is 1. The summed E-state index contributed by atoms with van der Waals surface area (Å²) in [5, 5.41) is 2.71. The molecule has 0 aliphatic heterocycles. The van der Waals surface area contributed by atoms with Gasteiger partial charge in [0.2, 0.25) is 5.91 Å². The Bertz CT molecular complexity index is 516. The van der Waals surface area contributed by atoms with Crippen LogP contribution >= 0.6 is 0 Å². The van der Waals surface area contributed by atoms with Crippen molar-refractivity contribution in [3.63, 3.8) is 0 Å². The molecule has 19 heavy (non-hydrogen) atoms. The molecular weight excluding hydrogens is 247 g/mol. The lowest BCUT2D eigenvalue weighted by Gasteiger charge is -2.18. The average Bonchev–Trinajstić information content (AvgIpc) is 2.80. The van der Waals surface area contributed by atoms with Gasteiger partial charge in [-0.25, -0.2) is 4.39 Å². The van der Waals surface area contributed by atoms with Crippen molar-refractivity contribution in [2.45, 2.75) is 32.2 Å². The normalized spacial score (nSPS) is 22.2. The number of halogens is 1. The van der Waals surface area contributed by atoms with Crippen LogP contribution in [-0.4, -0.2) is 17.9 Å². The summed E-state index contributed by atoms with van der Waals surface area (Å²) >= 11 is 0. The lowest BCUT2D eigenvalue weighted by molar-refractivity contribution is -0.122. The predicted molar refractivity (Wildman–Crippen MR) is 68.9 cm³/mol. The molecule has 1 saturated carbocycles. The van der Waals surface area contributed by atoms with Crippen LogP contribution in [0.1, 0.15) is 35.2 Å². The minimum atomic E-state index is -0.559. The quantitative estimate of drug-likeness (QED) is 0.868. The summed E-state index contributed by atoms with van der Waals surface area (Å²) in [7, 11) is 0. The Hall–Kier alpha value is -1.91. The highest BCUT2D eigenvalue weighted by molar-refractivity contribution is 5.95. The van der Waals surface area contributed by atoms with Gasteiger partial charge in [-0.05, 0) is 31.9 Å². The number of aryl methyl sites for hydroxylation is 1. The van der Waals surface area contributed by atoms with E-state index in [9.17, 15) is 14.0 Å². The van der Waals surface area contributed by atoms with Crippen LogP contribution in [0.4, 0.5) is 4.39 Å². The standard InChI is InChI=1S/C14H17FN2O2/c1-8-5-6-11(15)10(7-8)14(19)17-12-4-2-3-9(12)13(16)18/h5-7,9,12H,2-4H2,1H3,(H2,16,18)(H,17,19)/t9-,12-/m0/s1. The van der Waals surface area contributed by atoms with Crippen LogP contribution in [-0.2, 0) is 4.79 Å². The maximum absolute atomic E-state index is 13.6. The molecule has 0 spiro atoms. The SMILES string of the molecule is Cc1ccc(F)c(C(=O)N[C@H]2CCC[C@@H]2C(N)=O)c1. The number of primary amides is 1. The zero-order chi connectivity index (χ0) is 14.0. The largest absolute Gasteiger partial charge is 0.369 e. The van der Waals surface area contributed by atoms with Gasteiger partial charge in [0.15, 0.2) is 0 Å². The minimum Gasteiger partial charge on any atom is -0.369 e. The molecule has 5 heteroatoms. The van der Waals surface area contributed by atoms with Crippen molar-refractivity contribution in [1.82, 2.24) is 5.32 Å². The third-order valence-electron chi connectivity index (χ3n) is 3.56. The second-order valence-corrected chi connectivity index (χ2v) is 5.00. The Kier molecular flexibility index (Phi) is 3.83. The van der Waals surface area contributed by atoms with Crippen LogP contribution in [0.25, 0.3) is 0 Å². The highest BCUT2D eigenvalue weighted by atomic mass is 19.1. The molecule has 3 N–H and O–H groups in total. The van der Waals surface area contributed by atoms with Gasteiger partial charge in [-0.15, -0.1) is 0 Å². The number of hydrogen-bond donors (Lipinski definition) is 2. The molecule has 0 saturated heterocycles. The predicted octanol–water partition coefficient (Wildman–Crippen LogP) is 1.52. The lowest BCUT2D eigenvalue weighted by atomic mass is 10.0. The summed E-state index contributed by atoms with van der Waals surface area (Å²) in [4.78, 5) is 23.3. The molecule has 2 atom stereocenters. The van der Waals surface area contributed by atoms with Crippen LogP contribution < -0.4 is 11.1 Å². The summed E-state index contributed by atoms with van der Waals surface area (Å²) in [5.74, 6) is -1.81. The molecule has 0 heterocycles. The summed E-state index contributed by atoms with van der Waals surface area (Å²) < 4.78 is 13.6. The Morgan fingerprint density at radius 3 is 2.79 bits per heavy atom. The first kappa shape index (κ1) is 13.5. The van der Waals surface area contributed by atoms with Gasteiger partial charge in [0.25, 0.3) is 5.91 Å². The number of hydrogen-bond acceptors (Lipinski definition) is 2. The van der Waals surface area contributed by atoms with E-state index in [1.54, 1.807) is 13.0 Å². The molecule has 0 aromatic heterocycles. The summed E-state index contributed by atoms with van der Waals surface area (Å²) in [6.07, 6.45) is 2.22. The van der Waals surface area contributed by atoms with Crippen molar-refractivity contribution in [3.05, 3.63) is 35.1 Å². The minimum absolute atomic E-state index is 0.00937. The number of carbonyl (C=O) groups is 2. The Morgan fingerprint density at radius 2 is 2.11 bits per heavy atom. The van der Waals surface area contributed by atoms with E-state index in [-0.39, 0.29) is 17.5 Å². The second kappa shape index (κ2) is 5.38. The van der Waals surface area contributed by atoms with E-state index in [4.69, 9.17) is 5.73 Å². The van der Waals surface area contributed by atoms with Crippen molar-refractivity contribution in [2.75, 3.05) is 0 Å². The van der Waals surface area contributed by atoms with Gasteiger partial charge in [0.05, 0.1) is 11.5 Å². The van der Waals surface area contributed by atoms with E-state index in [1.165, 1.54) is 12.1 Å². The third-order valence-corrected chi connectivity index (χ3v) is 3.56. The molecular formula is C14H17FN2O2. The van der Waals surface area contributed by atoms with Crippen LogP contribution in [0.2, 0.25) is 0 Å². The van der Waals surface area contributed by atoms with Crippen LogP contribution in [0.5, 0.6) is 0 Å². The highest BCUT2D eigenvalue weighted by Gasteiger charge is 2.33. The van der Waals surface area contributed by atoms with Gasteiger partial charge in [-0.3, -0.25) is 9.59 Å². The van der Waals surface area contributed by atoms with Crippen LogP contribution in [0, 0.1) is 18.7 Å². The third kappa shape index (κ3) is 2.92. The molecule has 1 aromatic rings. The molecule has 1 fully saturated rings. The fraction of sp³-hybridized carbons (Fsp3) is 0.429. The van der Waals surface area contributed by atoms with Crippen molar-refractivity contribution in [1.29, 1.82) is 0 Å². The van der Waals surface area contributed by atoms with Crippen LogP contribution in [0.3, 0.4) is 0 Å². The van der Waals surface area contributed by atoms with E-state index < -0.39 is 17.6 Å². The van der Waals surface area contributed by atoms with Crippen molar-refractivity contribution in [3.8, 4) is 0 Å². The van der Waals surface area contributed by atoms with Gasteiger partial charge >= 0.3 is 0 Å². The fourth-order valence-corrected chi connectivity index (χ4v) is 2.53. The first-order valence-electron chi connectivity index (χ1n) is 6.35. The first-order valence-corrected chi connectivity index (χ1v) is 6.35. The fourth-order valence-electron chi connectivity index (χ4n) is 2.53. The molecule has 4 nitrogen and oxygen atoms in total. The molecule has 2 rings (SSSR count). The zero-order valence-corrected chi connectivity index (χ0v) is 10.8. The van der Waals surface area contributed by atoms with E-state index in [2.05, 4.69) is 5.32 Å². The second-order valence-electron chi connectivity index (χ2n) is 5.00. The smallest absolute Gasteiger partial charge is 0.254 e. The maximum atomic E-state index is 13.6. The van der Waals surface area contributed by atoms with E-state index >= 15 is 0 Å². The van der Waals surface area contributed by atoms with Gasteiger partial charge in [0, 0.05) is 6.04 Å². The van der Waals surface area contributed by atoms with E-state index in [0.29, 0.717) is 12.8 Å². The van der Waals surface area contributed by atoms with Gasteiger partial charge < -0.3 is 11.1 Å². The first-order chi connectivity index (χ1) is 8.99. The van der Waals surface area contributed by atoms with Gasteiger partial charge in [0.1, 0.15) is 5.82 Å². The molecule has 1 aromatic carbocycles. The number of amides is 2. The number of nitrogens with two attached hydrogens (primary N) is 1. The molecule has 1 aliphatic rings. The van der Waals surface area contributed by atoms with Gasteiger partial charge in [-0.2, -0.15) is 0 Å². The topological polar surface area (TPSA) is 72.2 Å². The number of rotatable bonds is 3. The van der Waals surface area contributed by atoms with Gasteiger partial charge in [-0.1, -0.05) is 18.1 Å².